The molecule has 0 heterocycles. The quantitative estimate of drug-likeness (QED) is 0.862. The van der Waals surface area contributed by atoms with Gasteiger partial charge in [-0.15, -0.1) is 0 Å². The maximum absolute atomic E-state index is 13.7. The SMILES string of the molecule is COc1cc(F)c(C(C)CO)cc1OC(C)C. The fraction of sp³-hybridized carbons (Fsp3) is 0.538. The Balaban J connectivity index is 3.17. The van der Waals surface area contributed by atoms with Crippen molar-refractivity contribution in [3.05, 3.63) is 23.5 Å². The lowest BCUT2D eigenvalue weighted by Crippen LogP contribution is -2.09. The molecule has 4 heteroatoms. The molecule has 96 valence electrons. The average molecular weight is 242 g/mol. The number of aliphatic hydroxyl groups is 1. The zero-order valence-electron chi connectivity index (χ0n) is 10.7. The van der Waals surface area contributed by atoms with E-state index in [0.717, 1.165) is 0 Å². The zero-order chi connectivity index (χ0) is 13.0. The first-order valence-corrected chi connectivity index (χ1v) is 5.64. The molecule has 0 aliphatic rings. The van der Waals surface area contributed by atoms with Crippen LogP contribution < -0.4 is 9.47 Å². The van der Waals surface area contributed by atoms with Gasteiger partial charge < -0.3 is 14.6 Å². The molecule has 1 N–H and O–H groups in total. The Morgan fingerprint density at radius 2 is 1.88 bits per heavy atom. The molecule has 0 aliphatic carbocycles. The molecular formula is C13H19FO3. The van der Waals surface area contributed by atoms with Crippen LogP contribution in [-0.2, 0) is 0 Å². The Hall–Kier alpha value is -1.29. The van der Waals surface area contributed by atoms with Gasteiger partial charge in [0.05, 0.1) is 13.2 Å². The lowest BCUT2D eigenvalue weighted by Gasteiger charge is -2.17. The van der Waals surface area contributed by atoms with Crippen LogP contribution in [0, 0.1) is 5.82 Å². The fourth-order valence-corrected chi connectivity index (χ4v) is 1.53. The maximum Gasteiger partial charge on any atom is 0.163 e. The molecule has 1 aromatic carbocycles. The maximum atomic E-state index is 13.7. The predicted molar refractivity (Wildman–Crippen MR) is 64.2 cm³/mol. The van der Waals surface area contributed by atoms with Gasteiger partial charge in [-0.1, -0.05) is 6.92 Å². The Labute approximate surface area is 101 Å². The van der Waals surface area contributed by atoms with E-state index in [1.54, 1.807) is 13.0 Å². The summed E-state index contributed by atoms with van der Waals surface area (Å²) in [5.41, 5.74) is 0.434. The molecule has 17 heavy (non-hydrogen) atoms. The van der Waals surface area contributed by atoms with Crippen molar-refractivity contribution in [2.24, 2.45) is 0 Å². The summed E-state index contributed by atoms with van der Waals surface area (Å²) in [5, 5.41) is 9.07. The van der Waals surface area contributed by atoms with Crippen molar-refractivity contribution in [2.45, 2.75) is 32.8 Å². The third kappa shape index (κ3) is 3.33. The topological polar surface area (TPSA) is 38.7 Å². The van der Waals surface area contributed by atoms with Gasteiger partial charge >= 0.3 is 0 Å². The minimum atomic E-state index is -0.389. The Bertz CT molecular complexity index is 377. The highest BCUT2D eigenvalue weighted by Crippen LogP contribution is 2.33. The predicted octanol–water partition coefficient (Wildman–Crippen LogP) is 2.72. The minimum absolute atomic E-state index is 0.0216. The largest absolute Gasteiger partial charge is 0.493 e. The first-order valence-electron chi connectivity index (χ1n) is 5.64. The van der Waals surface area contributed by atoms with Crippen LogP contribution in [0.4, 0.5) is 4.39 Å². The van der Waals surface area contributed by atoms with Gasteiger partial charge in [0, 0.05) is 18.6 Å². The molecule has 3 nitrogen and oxygen atoms in total. The molecule has 0 radical (unpaired) electrons. The van der Waals surface area contributed by atoms with E-state index in [9.17, 15) is 4.39 Å². The summed E-state index contributed by atoms with van der Waals surface area (Å²) in [6.07, 6.45) is -0.0216. The third-order valence-electron chi connectivity index (χ3n) is 2.45. The van der Waals surface area contributed by atoms with Crippen LogP contribution in [0.5, 0.6) is 11.5 Å². The normalized spacial score (nSPS) is 12.6. The second-order valence-electron chi connectivity index (χ2n) is 4.27. The van der Waals surface area contributed by atoms with Crippen LogP contribution in [0.2, 0.25) is 0 Å². The molecule has 0 spiro atoms. The second-order valence-corrected chi connectivity index (χ2v) is 4.27. The van der Waals surface area contributed by atoms with Crippen LogP contribution >= 0.6 is 0 Å². The molecule has 0 fully saturated rings. The monoisotopic (exact) mass is 242 g/mol. The van der Waals surface area contributed by atoms with Gasteiger partial charge in [0.15, 0.2) is 11.5 Å². The van der Waals surface area contributed by atoms with Crippen molar-refractivity contribution in [1.82, 2.24) is 0 Å². The number of halogens is 1. The summed E-state index contributed by atoms with van der Waals surface area (Å²) >= 11 is 0. The molecule has 0 bridgehead atoms. The van der Waals surface area contributed by atoms with Gasteiger partial charge in [0.25, 0.3) is 0 Å². The number of benzene rings is 1. The van der Waals surface area contributed by atoms with E-state index in [-0.39, 0.29) is 24.4 Å². The van der Waals surface area contributed by atoms with Crippen molar-refractivity contribution in [2.75, 3.05) is 13.7 Å². The standard InChI is InChI=1S/C13H19FO3/c1-8(2)17-13-5-10(9(3)7-15)11(14)6-12(13)16-4/h5-6,8-9,15H,7H2,1-4H3. The highest BCUT2D eigenvalue weighted by Gasteiger charge is 2.16. The first kappa shape index (κ1) is 13.8. The summed E-state index contributed by atoms with van der Waals surface area (Å²) < 4.78 is 24.4. The van der Waals surface area contributed by atoms with E-state index >= 15 is 0 Å². The molecule has 0 aliphatic heterocycles. The van der Waals surface area contributed by atoms with Crippen LogP contribution in [0.15, 0.2) is 12.1 Å². The third-order valence-corrected chi connectivity index (χ3v) is 2.45. The summed E-state index contributed by atoms with van der Waals surface area (Å²) in [6.45, 7) is 5.42. The summed E-state index contributed by atoms with van der Waals surface area (Å²) in [4.78, 5) is 0. The number of aliphatic hydroxyl groups excluding tert-OH is 1. The molecule has 0 aromatic heterocycles. The Morgan fingerprint density at radius 1 is 1.24 bits per heavy atom. The molecule has 1 aromatic rings. The fourth-order valence-electron chi connectivity index (χ4n) is 1.53. The van der Waals surface area contributed by atoms with Crippen LogP contribution in [0.25, 0.3) is 0 Å². The minimum Gasteiger partial charge on any atom is -0.493 e. The van der Waals surface area contributed by atoms with E-state index in [4.69, 9.17) is 14.6 Å². The second kappa shape index (κ2) is 5.87. The lowest BCUT2D eigenvalue weighted by atomic mass is 10.0. The van der Waals surface area contributed by atoms with Crippen LogP contribution in [0.3, 0.4) is 0 Å². The molecule has 0 amide bonds. The molecular weight excluding hydrogens is 223 g/mol. The Morgan fingerprint density at radius 3 is 2.35 bits per heavy atom. The van der Waals surface area contributed by atoms with Gasteiger partial charge in [0.2, 0.25) is 0 Å². The molecule has 1 unspecified atom stereocenters. The first-order chi connectivity index (χ1) is 7.99. The average Bonchev–Trinajstić information content (AvgIpc) is 2.29. The van der Waals surface area contributed by atoms with Gasteiger partial charge in [0.1, 0.15) is 5.82 Å². The molecule has 0 saturated heterocycles. The lowest BCUT2D eigenvalue weighted by molar-refractivity contribution is 0.228. The summed E-state index contributed by atoms with van der Waals surface area (Å²) in [5.74, 6) is 0.208. The highest BCUT2D eigenvalue weighted by molar-refractivity contribution is 5.45. The van der Waals surface area contributed by atoms with Crippen molar-refractivity contribution < 1.29 is 19.0 Å². The smallest absolute Gasteiger partial charge is 0.163 e. The van der Waals surface area contributed by atoms with Crippen molar-refractivity contribution in [3.8, 4) is 11.5 Å². The van der Waals surface area contributed by atoms with Gasteiger partial charge in [-0.2, -0.15) is 0 Å². The van der Waals surface area contributed by atoms with Crippen LogP contribution in [-0.4, -0.2) is 24.9 Å². The van der Waals surface area contributed by atoms with Crippen molar-refractivity contribution >= 4 is 0 Å². The van der Waals surface area contributed by atoms with Gasteiger partial charge in [-0.25, -0.2) is 4.39 Å². The van der Waals surface area contributed by atoms with E-state index in [1.165, 1.54) is 13.2 Å². The van der Waals surface area contributed by atoms with Gasteiger partial charge in [-0.05, 0) is 25.5 Å². The van der Waals surface area contributed by atoms with Gasteiger partial charge in [-0.3, -0.25) is 0 Å². The number of hydrogen-bond acceptors (Lipinski definition) is 3. The van der Waals surface area contributed by atoms with E-state index in [2.05, 4.69) is 0 Å². The van der Waals surface area contributed by atoms with E-state index in [0.29, 0.717) is 17.1 Å². The number of hydrogen-bond donors (Lipinski definition) is 1. The molecule has 0 saturated carbocycles. The van der Waals surface area contributed by atoms with Crippen molar-refractivity contribution in [1.29, 1.82) is 0 Å². The molecule has 1 atom stereocenters. The highest BCUT2D eigenvalue weighted by atomic mass is 19.1. The molecule has 1 rings (SSSR count). The zero-order valence-corrected chi connectivity index (χ0v) is 10.7. The van der Waals surface area contributed by atoms with Crippen LogP contribution in [0.1, 0.15) is 32.3 Å². The number of ether oxygens (including phenoxy) is 2. The van der Waals surface area contributed by atoms with Crippen molar-refractivity contribution in [3.63, 3.8) is 0 Å². The summed E-state index contributed by atoms with van der Waals surface area (Å²) in [7, 11) is 1.47. The van der Waals surface area contributed by atoms with E-state index < -0.39 is 0 Å². The summed E-state index contributed by atoms with van der Waals surface area (Å²) in [6, 6.07) is 2.88. The van der Waals surface area contributed by atoms with E-state index in [1.807, 2.05) is 13.8 Å². The number of methoxy groups -OCH3 is 1. The Kier molecular flexibility index (Phi) is 4.75. The number of rotatable bonds is 5.